The molecule has 3 rings (SSSR count). The van der Waals surface area contributed by atoms with Gasteiger partial charge in [-0.2, -0.15) is 0 Å². The van der Waals surface area contributed by atoms with Crippen LogP contribution < -0.4 is 10.9 Å². The molecule has 1 aromatic carbocycles. The minimum Gasteiger partial charge on any atom is -0.477 e. The Morgan fingerprint density at radius 1 is 1.38 bits per heavy atom. The first-order valence-electron chi connectivity index (χ1n) is 7.85. The number of aromatic carboxylic acids is 1. The molecule has 1 unspecified atom stereocenters. The monoisotopic (exact) mass is 325 g/mol. The molecule has 24 heavy (non-hydrogen) atoms. The lowest BCUT2D eigenvalue weighted by Gasteiger charge is -2.26. The fourth-order valence-corrected chi connectivity index (χ4v) is 2.82. The van der Waals surface area contributed by atoms with Gasteiger partial charge in [0, 0.05) is 29.7 Å². The number of aromatic nitrogens is 2. The molecule has 1 atom stereocenters. The molecule has 0 aliphatic carbocycles. The van der Waals surface area contributed by atoms with Crippen molar-refractivity contribution >= 4 is 17.2 Å². The van der Waals surface area contributed by atoms with E-state index in [0.717, 1.165) is 30.3 Å². The number of carboxylic acid groups (broad SMARTS) is 1. The number of hydrogen-bond acceptors (Lipinski definition) is 4. The number of anilines is 1. The zero-order valence-corrected chi connectivity index (χ0v) is 13.6. The smallest absolute Gasteiger partial charge is 0.342 e. The first kappa shape index (κ1) is 16.0. The van der Waals surface area contributed by atoms with Gasteiger partial charge in [-0.05, 0) is 38.8 Å². The predicted molar refractivity (Wildman–Crippen MR) is 92.2 cm³/mol. The summed E-state index contributed by atoms with van der Waals surface area (Å²) in [6.45, 7) is 3.93. The predicted octanol–water partition coefficient (Wildman–Crippen LogP) is 3.06. The van der Waals surface area contributed by atoms with Gasteiger partial charge in [0.15, 0.2) is 0 Å². The molecule has 0 saturated heterocycles. The second kappa shape index (κ2) is 6.31. The summed E-state index contributed by atoms with van der Waals surface area (Å²) in [6, 6.07) is 7.91. The van der Waals surface area contributed by atoms with Gasteiger partial charge in [-0.1, -0.05) is 17.7 Å². The number of nitrogens with zero attached hydrogens (tertiary/aromatic N) is 2. The molecule has 6 nitrogen and oxygen atoms in total. The van der Waals surface area contributed by atoms with Gasteiger partial charge in [0.1, 0.15) is 11.4 Å². The minimum absolute atomic E-state index is 0.0733. The molecule has 124 valence electrons. The SMILES string of the molecule is Cc1ccc(N/C=C2\CCC(C)n3c2ncc(C(=O)O)c3=O)cc1. The van der Waals surface area contributed by atoms with Crippen LogP contribution in [0, 0.1) is 6.92 Å². The molecule has 0 fully saturated rings. The highest BCUT2D eigenvalue weighted by Gasteiger charge is 2.25. The van der Waals surface area contributed by atoms with Crippen LogP contribution in [0.1, 0.15) is 47.6 Å². The third-order valence-electron chi connectivity index (χ3n) is 4.25. The lowest BCUT2D eigenvalue weighted by molar-refractivity contribution is 0.0693. The Morgan fingerprint density at radius 3 is 2.75 bits per heavy atom. The number of fused-ring (bicyclic) bond motifs is 1. The summed E-state index contributed by atoms with van der Waals surface area (Å²) in [5.41, 5.74) is 2.23. The van der Waals surface area contributed by atoms with Crippen molar-refractivity contribution in [1.82, 2.24) is 9.55 Å². The van der Waals surface area contributed by atoms with Crippen LogP contribution in [0.15, 0.2) is 41.5 Å². The van der Waals surface area contributed by atoms with Crippen molar-refractivity contribution in [2.45, 2.75) is 32.7 Å². The van der Waals surface area contributed by atoms with Gasteiger partial charge in [-0.25, -0.2) is 9.78 Å². The molecule has 0 saturated carbocycles. The third-order valence-corrected chi connectivity index (χ3v) is 4.25. The van der Waals surface area contributed by atoms with Crippen LogP contribution in [-0.4, -0.2) is 20.6 Å². The molecule has 6 heteroatoms. The summed E-state index contributed by atoms with van der Waals surface area (Å²) in [7, 11) is 0. The Morgan fingerprint density at radius 2 is 2.08 bits per heavy atom. The number of aryl methyl sites for hydroxylation is 1. The van der Waals surface area contributed by atoms with E-state index in [9.17, 15) is 9.59 Å². The zero-order chi connectivity index (χ0) is 17.3. The van der Waals surface area contributed by atoms with Gasteiger partial charge in [0.05, 0.1) is 0 Å². The first-order valence-corrected chi connectivity index (χ1v) is 7.85. The number of carbonyl (C=O) groups is 1. The molecule has 0 amide bonds. The summed E-state index contributed by atoms with van der Waals surface area (Å²) in [5, 5.41) is 12.3. The van der Waals surface area contributed by atoms with E-state index in [0.29, 0.717) is 5.82 Å². The third kappa shape index (κ3) is 2.95. The number of benzene rings is 1. The van der Waals surface area contributed by atoms with Crippen LogP contribution in [0.25, 0.3) is 5.57 Å². The van der Waals surface area contributed by atoms with Gasteiger partial charge >= 0.3 is 5.97 Å². The molecule has 1 aromatic heterocycles. The molecule has 1 aliphatic rings. The van der Waals surface area contributed by atoms with E-state index in [2.05, 4.69) is 10.3 Å². The maximum Gasteiger partial charge on any atom is 0.342 e. The molecule has 2 aromatic rings. The van der Waals surface area contributed by atoms with Gasteiger partial charge < -0.3 is 10.4 Å². The number of nitrogens with one attached hydrogen (secondary N) is 1. The van der Waals surface area contributed by atoms with E-state index in [1.54, 1.807) is 0 Å². The van der Waals surface area contributed by atoms with Crippen molar-refractivity contribution in [1.29, 1.82) is 0 Å². The normalized spacial score (nSPS) is 18.2. The summed E-state index contributed by atoms with van der Waals surface area (Å²) in [4.78, 5) is 27.8. The van der Waals surface area contributed by atoms with Crippen molar-refractivity contribution in [2.24, 2.45) is 0 Å². The molecule has 0 spiro atoms. The van der Waals surface area contributed by atoms with Crippen LogP contribution in [0.4, 0.5) is 5.69 Å². The zero-order valence-electron chi connectivity index (χ0n) is 13.6. The molecular formula is C18H19N3O3. The topological polar surface area (TPSA) is 84.2 Å². The van der Waals surface area contributed by atoms with Crippen molar-refractivity contribution in [2.75, 3.05) is 5.32 Å². The number of rotatable bonds is 3. The highest BCUT2D eigenvalue weighted by atomic mass is 16.4. The quantitative estimate of drug-likeness (QED) is 0.906. The van der Waals surface area contributed by atoms with Gasteiger partial charge in [0.25, 0.3) is 5.56 Å². The van der Waals surface area contributed by atoms with Crippen LogP contribution in [0.5, 0.6) is 0 Å². The Hall–Kier alpha value is -2.89. The molecule has 0 bridgehead atoms. The number of allylic oxidation sites excluding steroid dienone is 1. The summed E-state index contributed by atoms with van der Waals surface area (Å²) < 4.78 is 1.48. The van der Waals surface area contributed by atoms with Crippen molar-refractivity contribution in [3.8, 4) is 0 Å². The number of hydrogen-bond donors (Lipinski definition) is 2. The Balaban J connectivity index is 1.98. The summed E-state index contributed by atoms with van der Waals surface area (Å²) >= 11 is 0. The average Bonchev–Trinajstić information content (AvgIpc) is 2.55. The Bertz CT molecular complexity index is 866. The number of carboxylic acids is 1. The van der Waals surface area contributed by atoms with E-state index < -0.39 is 11.5 Å². The summed E-state index contributed by atoms with van der Waals surface area (Å²) in [5.74, 6) is -0.716. The fraction of sp³-hybridized carbons (Fsp3) is 0.278. The molecule has 2 N–H and O–H groups in total. The molecule has 2 heterocycles. The van der Waals surface area contributed by atoms with Crippen LogP contribution in [0.2, 0.25) is 0 Å². The molecular weight excluding hydrogens is 306 g/mol. The Labute approximate surface area is 139 Å². The van der Waals surface area contributed by atoms with Crippen LogP contribution >= 0.6 is 0 Å². The van der Waals surface area contributed by atoms with Crippen molar-refractivity contribution in [3.63, 3.8) is 0 Å². The minimum atomic E-state index is -1.25. The maximum absolute atomic E-state index is 12.4. The second-order valence-corrected chi connectivity index (χ2v) is 6.04. The van der Waals surface area contributed by atoms with E-state index in [-0.39, 0.29) is 11.6 Å². The lowest BCUT2D eigenvalue weighted by atomic mass is 10.0. The van der Waals surface area contributed by atoms with E-state index in [1.165, 1.54) is 10.1 Å². The standard InChI is InChI=1S/C18H19N3O3/c1-11-3-7-14(8-4-11)19-9-13-6-5-12(2)21-16(13)20-10-15(17(21)22)18(23)24/h3-4,7-10,12,19H,5-6H2,1-2H3,(H,23,24)/b13-9+. The van der Waals surface area contributed by atoms with Gasteiger partial charge in [0.2, 0.25) is 0 Å². The van der Waals surface area contributed by atoms with Crippen molar-refractivity contribution in [3.05, 3.63) is 64.0 Å². The lowest BCUT2D eigenvalue weighted by Crippen LogP contribution is -2.34. The maximum atomic E-state index is 12.4. The average molecular weight is 325 g/mol. The van der Waals surface area contributed by atoms with Crippen LogP contribution in [-0.2, 0) is 0 Å². The molecule has 1 aliphatic heterocycles. The van der Waals surface area contributed by atoms with Crippen LogP contribution in [0.3, 0.4) is 0 Å². The highest BCUT2D eigenvalue weighted by Crippen LogP contribution is 2.29. The second-order valence-electron chi connectivity index (χ2n) is 6.04. The fourth-order valence-electron chi connectivity index (χ4n) is 2.82. The van der Waals surface area contributed by atoms with E-state index in [4.69, 9.17) is 5.11 Å². The first-order chi connectivity index (χ1) is 11.5. The van der Waals surface area contributed by atoms with E-state index in [1.807, 2.05) is 44.3 Å². The van der Waals surface area contributed by atoms with Crippen molar-refractivity contribution < 1.29 is 9.90 Å². The van der Waals surface area contributed by atoms with Gasteiger partial charge in [-0.15, -0.1) is 0 Å². The molecule has 0 radical (unpaired) electrons. The summed E-state index contributed by atoms with van der Waals surface area (Å²) in [6.07, 6.45) is 4.53. The van der Waals surface area contributed by atoms with Gasteiger partial charge in [-0.3, -0.25) is 9.36 Å². The van der Waals surface area contributed by atoms with E-state index >= 15 is 0 Å². The Kier molecular flexibility index (Phi) is 4.20. The largest absolute Gasteiger partial charge is 0.477 e. The highest BCUT2D eigenvalue weighted by molar-refractivity contribution is 5.87.